The predicted octanol–water partition coefficient (Wildman–Crippen LogP) is 1.49. The molecule has 4 nitrogen and oxygen atoms in total. The second-order valence-electron chi connectivity index (χ2n) is 3.87. The largest absolute Gasteiger partial charge is 0.351 e. The molecular formula is C10H17N3O. The maximum Gasteiger partial charge on any atom is 0.269 e. The molecule has 1 aromatic heterocycles. The van der Waals surface area contributed by atoms with E-state index < -0.39 is 0 Å². The second-order valence-corrected chi connectivity index (χ2v) is 3.87. The molecule has 2 N–H and O–H groups in total. The molecule has 0 unspecified atom stereocenters. The molecule has 1 heterocycles. The van der Waals surface area contributed by atoms with Crippen LogP contribution in [0, 0.1) is 12.8 Å². The number of aryl methyl sites for hydroxylation is 1. The van der Waals surface area contributed by atoms with E-state index in [4.69, 9.17) is 0 Å². The predicted molar refractivity (Wildman–Crippen MR) is 55.1 cm³/mol. The third kappa shape index (κ3) is 2.87. The number of aromatic amines is 1. The Balaban J connectivity index is 2.40. The SMILES string of the molecule is Cc1cn[nH]c1C(=O)NCCC(C)C. The summed E-state index contributed by atoms with van der Waals surface area (Å²) in [5.74, 6) is 0.541. The van der Waals surface area contributed by atoms with E-state index in [1.165, 1.54) is 0 Å². The van der Waals surface area contributed by atoms with E-state index in [-0.39, 0.29) is 5.91 Å². The lowest BCUT2D eigenvalue weighted by molar-refractivity contribution is 0.0946. The quantitative estimate of drug-likeness (QED) is 0.764. The van der Waals surface area contributed by atoms with Crippen molar-refractivity contribution in [2.24, 2.45) is 5.92 Å². The number of hydrogen-bond acceptors (Lipinski definition) is 2. The summed E-state index contributed by atoms with van der Waals surface area (Å²) >= 11 is 0. The monoisotopic (exact) mass is 195 g/mol. The van der Waals surface area contributed by atoms with Gasteiger partial charge in [-0.3, -0.25) is 9.89 Å². The molecule has 0 atom stereocenters. The fraction of sp³-hybridized carbons (Fsp3) is 0.600. The molecule has 0 bridgehead atoms. The van der Waals surface area contributed by atoms with E-state index in [1.54, 1.807) is 6.20 Å². The third-order valence-corrected chi connectivity index (χ3v) is 2.06. The summed E-state index contributed by atoms with van der Waals surface area (Å²) in [5.41, 5.74) is 1.45. The smallest absolute Gasteiger partial charge is 0.269 e. The van der Waals surface area contributed by atoms with Crippen LogP contribution in [0.4, 0.5) is 0 Å². The molecule has 0 aliphatic carbocycles. The first-order chi connectivity index (χ1) is 6.61. The highest BCUT2D eigenvalue weighted by Crippen LogP contribution is 2.02. The van der Waals surface area contributed by atoms with Gasteiger partial charge in [0, 0.05) is 6.54 Å². The Bertz CT molecular complexity index is 304. The van der Waals surface area contributed by atoms with Crippen molar-refractivity contribution in [3.8, 4) is 0 Å². The molecule has 1 rings (SSSR count). The first-order valence-corrected chi connectivity index (χ1v) is 4.89. The number of H-pyrrole nitrogens is 1. The van der Waals surface area contributed by atoms with Crippen LogP contribution in [0.5, 0.6) is 0 Å². The van der Waals surface area contributed by atoms with Crippen LogP contribution in [0.25, 0.3) is 0 Å². The lowest BCUT2D eigenvalue weighted by Gasteiger charge is -2.06. The molecule has 0 aliphatic heterocycles. The van der Waals surface area contributed by atoms with Gasteiger partial charge in [-0.2, -0.15) is 5.10 Å². The van der Waals surface area contributed by atoms with Crippen molar-refractivity contribution in [2.45, 2.75) is 27.2 Å². The first kappa shape index (κ1) is 10.8. The maximum absolute atomic E-state index is 11.5. The first-order valence-electron chi connectivity index (χ1n) is 4.89. The number of rotatable bonds is 4. The van der Waals surface area contributed by atoms with E-state index in [9.17, 15) is 4.79 Å². The maximum atomic E-state index is 11.5. The van der Waals surface area contributed by atoms with Crippen molar-refractivity contribution in [1.29, 1.82) is 0 Å². The van der Waals surface area contributed by atoms with E-state index in [0.29, 0.717) is 11.6 Å². The second kappa shape index (κ2) is 4.79. The van der Waals surface area contributed by atoms with Crippen molar-refractivity contribution in [3.63, 3.8) is 0 Å². The topological polar surface area (TPSA) is 57.8 Å². The molecule has 0 saturated carbocycles. The van der Waals surface area contributed by atoms with E-state index in [2.05, 4.69) is 29.4 Å². The van der Waals surface area contributed by atoms with Gasteiger partial charge >= 0.3 is 0 Å². The molecule has 0 aromatic carbocycles. The zero-order chi connectivity index (χ0) is 10.6. The summed E-state index contributed by atoms with van der Waals surface area (Å²) in [7, 11) is 0. The van der Waals surface area contributed by atoms with Crippen LogP contribution in [-0.4, -0.2) is 22.6 Å². The van der Waals surface area contributed by atoms with Crippen LogP contribution in [0.15, 0.2) is 6.20 Å². The van der Waals surface area contributed by atoms with Gasteiger partial charge in [-0.15, -0.1) is 0 Å². The zero-order valence-electron chi connectivity index (χ0n) is 8.92. The molecule has 1 amide bonds. The molecular weight excluding hydrogens is 178 g/mol. The normalized spacial score (nSPS) is 10.6. The number of carbonyl (C=O) groups is 1. The highest BCUT2D eigenvalue weighted by atomic mass is 16.1. The van der Waals surface area contributed by atoms with Crippen LogP contribution in [0.1, 0.15) is 36.3 Å². The Hall–Kier alpha value is -1.32. The minimum atomic E-state index is -0.0688. The summed E-state index contributed by atoms with van der Waals surface area (Å²) in [6.07, 6.45) is 2.65. The number of amides is 1. The zero-order valence-corrected chi connectivity index (χ0v) is 8.92. The van der Waals surface area contributed by atoms with Gasteiger partial charge in [-0.05, 0) is 24.8 Å². The Morgan fingerprint density at radius 1 is 1.64 bits per heavy atom. The van der Waals surface area contributed by atoms with E-state index in [1.807, 2.05) is 6.92 Å². The van der Waals surface area contributed by atoms with Crippen molar-refractivity contribution in [3.05, 3.63) is 17.5 Å². The minimum absolute atomic E-state index is 0.0688. The summed E-state index contributed by atoms with van der Waals surface area (Å²) < 4.78 is 0. The van der Waals surface area contributed by atoms with Gasteiger partial charge in [0.15, 0.2) is 0 Å². The van der Waals surface area contributed by atoms with E-state index in [0.717, 1.165) is 18.5 Å². The molecule has 78 valence electrons. The fourth-order valence-corrected chi connectivity index (χ4v) is 1.14. The minimum Gasteiger partial charge on any atom is -0.351 e. The number of nitrogens with zero attached hydrogens (tertiary/aromatic N) is 1. The number of nitrogens with one attached hydrogen (secondary N) is 2. The molecule has 4 heteroatoms. The van der Waals surface area contributed by atoms with Gasteiger partial charge < -0.3 is 5.32 Å². The lowest BCUT2D eigenvalue weighted by Crippen LogP contribution is -2.26. The molecule has 0 spiro atoms. The van der Waals surface area contributed by atoms with Crippen molar-refractivity contribution in [2.75, 3.05) is 6.54 Å². The van der Waals surface area contributed by atoms with Crippen LogP contribution >= 0.6 is 0 Å². The summed E-state index contributed by atoms with van der Waals surface area (Å²) in [5, 5.41) is 9.33. The lowest BCUT2D eigenvalue weighted by atomic mass is 10.1. The van der Waals surface area contributed by atoms with Gasteiger partial charge in [0.25, 0.3) is 5.91 Å². The van der Waals surface area contributed by atoms with Crippen LogP contribution < -0.4 is 5.32 Å². The third-order valence-electron chi connectivity index (χ3n) is 2.06. The molecule has 0 saturated heterocycles. The Labute approximate surface area is 84.1 Å². The number of hydrogen-bond donors (Lipinski definition) is 2. The van der Waals surface area contributed by atoms with Crippen molar-refractivity contribution in [1.82, 2.24) is 15.5 Å². The number of aromatic nitrogens is 2. The fourth-order valence-electron chi connectivity index (χ4n) is 1.14. The summed E-state index contributed by atoms with van der Waals surface area (Å²) in [6, 6.07) is 0. The Morgan fingerprint density at radius 2 is 2.36 bits per heavy atom. The summed E-state index contributed by atoms with van der Waals surface area (Å²) in [6.45, 7) is 6.84. The van der Waals surface area contributed by atoms with Crippen LogP contribution in [-0.2, 0) is 0 Å². The molecule has 14 heavy (non-hydrogen) atoms. The molecule has 0 fully saturated rings. The van der Waals surface area contributed by atoms with Crippen molar-refractivity contribution < 1.29 is 4.79 Å². The highest BCUT2D eigenvalue weighted by molar-refractivity contribution is 5.93. The van der Waals surface area contributed by atoms with Crippen LogP contribution in [0.2, 0.25) is 0 Å². The van der Waals surface area contributed by atoms with Crippen molar-refractivity contribution >= 4 is 5.91 Å². The standard InChI is InChI=1S/C10H17N3O/c1-7(2)4-5-11-10(14)9-8(3)6-12-13-9/h6-7H,4-5H2,1-3H3,(H,11,14)(H,12,13). The Morgan fingerprint density at radius 3 is 2.86 bits per heavy atom. The van der Waals surface area contributed by atoms with Gasteiger partial charge in [-0.1, -0.05) is 13.8 Å². The Kier molecular flexibility index (Phi) is 3.68. The molecule has 1 aromatic rings. The molecule has 0 aliphatic rings. The number of carbonyl (C=O) groups excluding carboxylic acids is 1. The average Bonchev–Trinajstić information content (AvgIpc) is 2.50. The average molecular weight is 195 g/mol. The highest BCUT2D eigenvalue weighted by Gasteiger charge is 2.09. The van der Waals surface area contributed by atoms with Gasteiger partial charge in [0.2, 0.25) is 0 Å². The van der Waals surface area contributed by atoms with Gasteiger partial charge in [0.1, 0.15) is 5.69 Å². The van der Waals surface area contributed by atoms with Crippen LogP contribution in [0.3, 0.4) is 0 Å². The van der Waals surface area contributed by atoms with Gasteiger partial charge in [0.05, 0.1) is 6.20 Å². The molecule has 0 radical (unpaired) electrons. The van der Waals surface area contributed by atoms with Gasteiger partial charge in [-0.25, -0.2) is 0 Å². The summed E-state index contributed by atoms with van der Waals surface area (Å²) in [4.78, 5) is 11.5. The van der Waals surface area contributed by atoms with E-state index >= 15 is 0 Å².